The Labute approximate surface area is 172 Å². The van der Waals surface area contributed by atoms with Crippen LogP contribution < -0.4 is 0 Å². The molecular weight excluding hydrogens is 368 g/mol. The van der Waals surface area contributed by atoms with Crippen molar-refractivity contribution in [2.75, 3.05) is 46.8 Å². The minimum atomic E-state index is 0.0896. The van der Waals surface area contributed by atoms with Gasteiger partial charge >= 0.3 is 0 Å². The average molecular weight is 401 g/mol. The topological polar surface area (TPSA) is 75.3 Å². The summed E-state index contributed by atoms with van der Waals surface area (Å²) in [5, 5.41) is 8.65. The van der Waals surface area contributed by atoms with Gasteiger partial charge in [-0.1, -0.05) is 0 Å². The summed E-state index contributed by atoms with van der Waals surface area (Å²) in [5.74, 6) is 1.59. The van der Waals surface area contributed by atoms with E-state index in [2.05, 4.69) is 46.0 Å². The molecule has 2 aromatic rings. The molecule has 0 bridgehead atoms. The summed E-state index contributed by atoms with van der Waals surface area (Å²) in [4.78, 5) is 24.4. The molecule has 0 spiro atoms. The zero-order valence-corrected chi connectivity index (χ0v) is 18.2. The molecule has 1 amide bonds. The number of carbonyl (C=O) groups is 1. The minimum Gasteiger partial charge on any atom is -0.338 e. The molecule has 4 rings (SSSR count). The number of hydrogen-bond acceptors (Lipinski definition) is 6. The number of aryl methyl sites for hydroxylation is 3. The monoisotopic (exact) mass is 400 g/mol. The highest BCUT2D eigenvalue weighted by molar-refractivity contribution is 5.95. The molecule has 2 aromatic heterocycles. The van der Waals surface area contributed by atoms with E-state index in [0.717, 1.165) is 62.9 Å². The third-order valence-corrected chi connectivity index (χ3v) is 6.35. The molecule has 29 heavy (non-hydrogen) atoms. The fourth-order valence-corrected chi connectivity index (χ4v) is 5.27. The summed E-state index contributed by atoms with van der Waals surface area (Å²) in [6.45, 7) is 10.2. The molecule has 0 radical (unpaired) electrons. The van der Waals surface area contributed by atoms with Gasteiger partial charge < -0.3 is 9.80 Å². The Morgan fingerprint density at radius 2 is 2.10 bits per heavy atom. The summed E-state index contributed by atoms with van der Waals surface area (Å²) < 4.78 is 3.69. The molecule has 0 aliphatic carbocycles. The third kappa shape index (κ3) is 3.69. The number of likely N-dealkylation sites (tertiary alicyclic amines) is 2. The SMILES string of the molecule is CCn1ncnc1CN1CC2CN(C(=O)c3cn(C)nc3C)CC2(CN(C)C)C1. The second-order valence-electron chi connectivity index (χ2n) is 8.95. The van der Waals surface area contributed by atoms with E-state index in [1.807, 2.05) is 29.7 Å². The first kappa shape index (κ1) is 20.0. The second kappa shape index (κ2) is 7.53. The van der Waals surface area contributed by atoms with Gasteiger partial charge in [-0.05, 0) is 33.9 Å². The van der Waals surface area contributed by atoms with Crippen molar-refractivity contribution in [2.24, 2.45) is 18.4 Å². The number of aromatic nitrogens is 5. The highest BCUT2D eigenvalue weighted by Gasteiger charge is 2.53. The zero-order chi connectivity index (χ0) is 20.8. The summed E-state index contributed by atoms with van der Waals surface area (Å²) in [6, 6.07) is 0. The van der Waals surface area contributed by atoms with Crippen molar-refractivity contribution in [3.05, 3.63) is 29.6 Å². The largest absolute Gasteiger partial charge is 0.338 e. The van der Waals surface area contributed by atoms with Gasteiger partial charge in [-0.15, -0.1) is 0 Å². The van der Waals surface area contributed by atoms with E-state index in [9.17, 15) is 4.79 Å². The minimum absolute atomic E-state index is 0.0896. The van der Waals surface area contributed by atoms with Gasteiger partial charge in [-0.25, -0.2) is 9.67 Å². The summed E-state index contributed by atoms with van der Waals surface area (Å²) in [5.41, 5.74) is 1.61. The summed E-state index contributed by atoms with van der Waals surface area (Å²) in [6.07, 6.45) is 3.48. The molecule has 4 heterocycles. The van der Waals surface area contributed by atoms with E-state index in [4.69, 9.17) is 0 Å². The van der Waals surface area contributed by atoms with Crippen molar-refractivity contribution in [3.8, 4) is 0 Å². The van der Waals surface area contributed by atoms with Gasteiger partial charge in [0, 0.05) is 57.9 Å². The lowest BCUT2D eigenvalue weighted by molar-refractivity contribution is 0.0746. The van der Waals surface area contributed by atoms with Crippen molar-refractivity contribution in [2.45, 2.75) is 26.9 Å². The first-order chi connectivity index (χ1) is 13.8. The number of rotatable bonds is 6. The van der Waals surface area contributed by atoms with Crippen LogP contribution in [0.4, 0.5) is 0 Å². The maximum Gasteiger partial charge on any atom is 0.257 e. The van der Waals surface area contributed by atoms with Crippen molar-refractivity contribution in [3.63, 3.8) is 0 Å². The van der Waals surface area contributed by atoms with Crippen LogP contribution in [0.15, 0.2) is 12.5 Å². The Balaban J connectivity index is 1.51. The molecule has 2 saturated heterocycles. The average Bonchev–Trinajstić information content (AvgIpc) is 3.36. The number of carbonyl (C=O) groups excluding carboxylic acids is 1. The Morgan fingerprint density at radius 1 is 1.31 bits per heavy atom. The zero-order valence-electron chi connectivity index (χ0n) is 18.2. The van der Waals surface area contributed by atoms with Crippen LogP contribution in [0.25, 0.3) is 0 Å². The summed E-state index contributed by atoms with van der Waals surface area (Å²) in [7, 11) is 6.11. The van der Waals surface area contributed by atoms with Crippen LogP contribution in [0.3, 0.4) is 0 Å². The lowest BCUT2D eigenvalue weighted by Crippen LogP contribution is -2.43. The molecular formula is C20H32N8O. The maximum absolute atomic E-state index is 13.2. The van der Waals surface area contributed by atoms with Gasteiger partial charge in [0.25, 0.3) is 5.91 Å². The van der Waals surface area contributed by atoms with Crippen LogP contribution in [0, 0.1) is 18.3 Å². The first-order valence-corrected chi connectivity index (χ1v) is 10.3. The van der Waals surface area contributed by atoms with Crippen LogP contribution in [0.1, 0.15) is 28.8 Å². The highest BCUT2D eigenvalue weighted by atomic mass is 16.2. The van der Waals surface area contributed by atoms with E-state index < -0.39 is 0 Å². The van der Waals surface area contributed by atoms with Crippen molar-refractivity contribution < 1.29 is 4.79 Å². The highest BCUT2D eigenvalue weighted by Crippen LogP contribution is 2.43. The number of amides is 1. The van der Waals surface area contributed by atoms with Gasteiger partial charge in [-0.3, -0.25) is 14.4 Å². The Kier molecular flexibility index (Phi) is 5.20. The Hall–Kier alpha value is -2.26. The van der Waals surface area contributed by atoms with Crippen LogP contribution in [-0.2, 0) is 20.1 Å². The first-order valence-electron chi connectivity index (χ1n) is 10.3. The Bertz CT molecular complexity index is 887. The fraction of sp³-hybridized carbons (Fsp3) is 0.700. The van der Waals surface area contributed by atoms with E-state index in [0.29, 0.717) is 5.92 Å². The molecule has 0 saturated carbocycles. The number of nitrogens with zero attached hydrogens (tertiary/aromatic N) is 8. The van der Waals surface area contributed by atoms with Gasteiger partial charge in [0.05, 0.1) is 17.8 Å². The van der Waals surface area contributed by atoms with Crippen LogP contribution in [0.5, 0.6) is 0 Å². The molecule has 0 aromatic carbocycles. The van der Waals surface area contributed by atoms with Gasteiger partial charge in [0.1, 0.15) is 12.2 Å². The predicted octanol–water partition coefficient (Wildman–Crippen LogP) is 0.476. The molecule has 2 aliphatic rings. The van der Waals surface area contributed by atoms with E-state index >= 15 is 0 Å². The molecule has 2 atom stereocenters. The van der Waals surface area contributed by atoms with Crippen LogP contribution in [-0.4, -0.2) is 92.0 Å². The molecule has 0 N–H and O–H groups in total. The van der Waals surface area contributed by atoms with Crippen LogP contribution >= 0.6 is 0 Å². The maximum atomic E-state index is 13.2. The smallest absolute Gasteiger partial charge is 0.257 e. The quantitative estimate of drug-likeness (QED) is 0.702. The van der Waals surface area contributed by atoms with E-state index in [1.165, 1.54) is 0 Å². The molecule has 2 aliphatic heterocycles. The molecule has 158 valence electrons. The number of hydrogen-bond donors (Lipinski definition) is 0. The Morgan fingerprint density at radius 3 is 2.76 bits per heavy atom. The van der Waals surface area contributed by atoms with Crippen molar-refractivity contribution in [1.82, 2.24) is 39.2 Å². The van der Waals surface area contributed by atoms with Crippen molar-refractivity contribution in [1.29, 1.82) is 0 Å². The second-order valence-corrected chi connectivity index (χ2v) is 8.95. The number of fused-ring (bicyclic) bond motifs is 1. The van der Waals surface area contributed by atoms with Gasteiger partial charge in [-0.2, -0.15) is 10.2 Å². The summed E-state index contributed by atoms with van der Waals surface area (Å²) >= 11 is 0. The normalized spacial score (nSPS) is 24.6. The van der Waals surface area contributed by atoms with Gasteiger partial charge in [0.2, 0.25) is 0 Å². The lowest BCUT2D eigenvalue weighted by atomic mass is 9.80. The lowest BCUT2D eigenvalue weighted by Gasteiger charge is -2.32. The predicted molar refractivity (Wildman–Crippen MR) is 109 cm³/mol. The van der Waals surface area contributed by atoms with Crippen molar-refractivity contribution >= 4 is 5.91 Å². The third-order valence-electron chi connectivity index (χ3n) is 6.35. The van der Waals surface area contributed by atoms with E-state index in [-0.39, 0.29) is 11.3 Å². The van der Waals surface area contributed by atoms with Gasteiger partial charge in [0.15, 0.2) is 0 Å². The standard InChI is InChI=1S/C20H32N8O/c1-6-28-18(21-14-22-28)10-26-7-16-8-27(13-20(16,12-26)11-24(3)4)19(29)17-9-25(5)23-15(17)2/h9,14,16H,6-8,10-13H2,1-5H3. The molecule has 9 heteroatoms. The molecule has 9 nitrogen and oxygen atoms in total. The van der Waals surface area contributed by atoms with E-state index in [1.54, 1.807) is 11.0 Å². The molecule has 2 unspecified atom stereocenters. The fourth-order valence-electron chi connectivity index (χ4n) is 5.27. The molecule has 2 fully saturated rings. The van der Waals surface area contributed by atoms with Crippen LogP contribution in [0.2, 0.25) is 0 Å².